The van der Waals surface area contributed by atoms with Crippen LogP contribution in [0.1, 0.15) is 63.1 Å². The highest BCUT2D eigenvalue weighted by atomic mass is 35.5. The van der Waals surface area contributed by atoms with Crippen LogP contribution in [0.2, 0.25) is 5.02 Å². The summed E-state index contributed by atoms with van der Waals surface area (Å²) in [6.45, 7) is 2.77. The predicted octanol–water partition coefficient (Wildman–Crippen LogP) is 5.06. The zero-order chi connectivity index (χ0) is 30.1. The van der Waals surface area contributed by atoms with Gasteiger partial charge in [-0.05, 0) is 54.4 Å². The third-order valence-electron chi connectivity index (χ3n) is 6.58. The van der Waals surface area contributed by atoms with Gasteiger partial charge < -0.3 is 14.8 Å². The first-order valence-electron chi connectivity index (χ1n) is 12.5. The lowest BCUT2D eigenvalue weighted by molar-refractivity contribution is -0.137. The largest absolute Gasteiger partial charge is 0.417 e. The lowest BCUT2D eigenvalue weighted by atomic mass is 10.00. The van der Waals surface area contributed by atoms with Gasteiger partial charge in [0.25, 0.3) is 5.91 Å². The first-order valence-corrected chi connectivity index (χ1v) is 14.5. The Bertz CT molecular complexity index is 1740. The minimum atomic E-state index is -4.82. The average Bonchev–Trinajstić information content (AvgIpc) is 3.33. The fourth-order valence-electron chi connectivity index (χ4n) is 4.38. The van der Waals surface area contributed by atoms with Crippen molar-refractivity contribution in [2.24, 2.45) is 0 Å². The molecule has 0 aliphatic heterocycles. The monoisotopic (exact) mass is 607 g/mol. The summed E-state index contributed by atoms with van der Waals surface area (Å²) in [6, 6.07) is 10.7. The third-order valence-corrected chi connectivity index (χ3v) is 8.56. The van der Waals surface area contributed by atoms with Crippen molar-refractivity contribution < 1.29 is 36.3 Å². The Balaban J connectivity index is 1.65. The minimum absolute atomic E-state index is 0.0704. The first kappa shape index (κ1) is 30.2. The summed E-state index contributed by atoms with van der Waals surface area (Å²) in [7, 11) is -3.42. The summed E-state index contributed by atoms with van der Waals surface area (Å²) in [5.74, 6) is -1.60. The standard InChI is InChI=1S/C28H25ClF3N3O5S/c1-3-23-25(26(37)20-10-7-18(29)14-21(20)28(30,31)32)34-24-13-17(11-12-35(23)24)27(38)33-22(15-36)16-5-8-19(9-6-16)41(39,40)4-2/h5-14,22,36H,3-4,15H2,1-2H3,(H,33,38)/t22-/m0/s1. The Morgan fingerprint density at radius 2 is 1.76 bits per heavy atom. The molecular formula is C28H25ClF3N3O5S. The number of nitrogens with one attached hydrogen (secondary N) is 1. The third kappa shape index (κ3) is 6.14. The van der Waals surface area contributed by atoms with Crippen molar-refractivity contribution in [3.05, 3.63) is 99.5 Å². The van der Waals surface area contributed by atoms with Gasteiger partial charge in [-0.2, -0.15) is 13.2 Å². The number of amides is 1. The number of aliphatic hydroxyl groups excluding tert-OH is 1. The van der Waals surface area contributed by atoms with E-state index in [-0.39, 0.29) is 39.0 Å². The highest BCUT2D eigenvalue weighted by molar-refractivity contribution is 7.91. The fourth-order valence-corrected chi connectivity index (χ4v) is 5.44. The lowest BCUT2D eigenvalue weighted by Crippen LogP contribution is -2.30. The maximum atomic E-state index is 13.7. The molecule has 2 N–H and O–H groups in total. The molecule has 2 heterocycles. The molecule has 2 aromatic carbocycles. The van der Waals surface area contributed by atoms with E-state index in [0.29, 0.717) is 17.3 Å². The quantitative estimate of drug-likeness (QED) is 0.257. The van der Waals surface area contributed by atoms with Crippen LogP contribution in [-0.4, -0.2) is 47.0 Å². The van der Waals surface area contributed by atoms with Gasteiger partial charge in [0.05, 0.1) is 34.6 Å². The fraction of sp³-hybridized carbons (Fsp3) is 0.250. The Morgan fingerprint density at radius 3 is 2.34 bits per heavy atom. The van der Waals surface area contributed by atoms with Crippen molar-refractivity contribution in [3.63, 3.8) is 0 Å². The second-order valence-corrected chi connectivity index (χ2v) is 11.8. The van der Waals surface area contributed by atoms with Crippen LogP contribution in [0.4, 0.5) is 13.2 Å². The molecule has 4 rings (SSSR count). The number of imidazole rings is 1. The molecule has 0 aliphatic carbocycles. The number of hydrogen-bond donors (Lipinski definition) is 2. The molecule has 8 nitrogen and oxygen atoms in total. The Kier molecular flexibility index (Phi) is 8.57. The second-order valence-electron chi connectivity index (χ2n) is 9.10. The topological polar surface area (TPSA) is 118 Å². The number of nitrogens with zero attached hydrogens (tertiary/aromatic N) is 2. The van der Waals surface area contributed by atoms with E-state index in [9.17, 15) is 36.3 Å². The van der Waals surface area contributed by atoms with Crippen molar-refractivity contribution >= 4 is 38.8 Å². The van der Waals surface area contributed by atoms with E-state index in [4.69, 9.17) is 11.6 Å². The SMILES string of the molecule is CCc1c(C(=O)c2ccc(Cl)cc2C(F)(F)F)nc2cc(C(=O)N[C@@H](CO)c3ccc(S(=O)(=O)CC)cc3)ccn12. The van der Waals surface area contributed by atoms with Crippen LogP contribution in [0.3, 0.4) is 0 Å². The van der Waals surface area contributed by atoms with Gasteiger partial charge in [0, 0.05) is 22.3 Å². The molecule has 1 atom stereocenters. The zero-order valence-electron chi connectivity index (χ0n) is 21.9. The second kappa shape index (κ2) is 11.6. The molecule has 1 amide bonds. The number of aryl methyl sites for hydroxylation is 1. The van der Waals surface area contributed by atoms with Crippen molar-refractivity contribution in [3.8, 4) is 0 Å². The maximum Gasteiger partial charge on any atom is 0.417 e. The smallest absolute Gasteiger partial charge is 0.394 e. The Hall–Kier alpha value is -3.74. The van der Waals surface area contributed by atoms with Crippen LogP contribution in [0.15, 0.2) is 65.7 Å². The molecule has 0 aliphatic rings. The molecular weight excluding hydrogens is 583 g/mol. The number of rotatable bonds is 9. The van der Waals surface area contributed by atoms with Gasteiger partial charge in [0.1, 0.15) is 11.3 Å². The molecule has 0 spiro atoms. The number of alkyl halides is 3. The Morgan fingerprint density at radius 1 is 1.07 bits per heavy atom. The summed E-state index contributed by atoms with van der Waals surface area (Å²) in [4.78, 5) is 30.7. The molecule has 0 bridgehead atoms. The molecule has 0 saturated carbocycles. The number of hydrogen-bond acceptors (Lipinski definition) is 6. The normalized spacial score (nSPS) is 12.9. The number of pyridine rings is 1. The van der Waals surface area contributed by atoms with E-state index in [1.807, 2.05) is 0 Å². The Labute approximate surface area is 238 Å². The van der Waals surface area contributed by atoms with E-state index in [0.717, 1.165) is 6.07 Å². The number of benzene rings is 2. The number of aromatic nitrogens is 2. The summed E-state index contributed by atoms with van der Waals surface area (Å²) in [5, 5.41) is 12.4. The van der Waals surface area contributed by atoms with Crippen molar-refractivity contribution in [2.75, 3.05) is 12.4 Å². The minimum Gasteiger partial charge on any atom is -0.394 e. The van der Waals surface area contributed by atoms with Crippen LogP contribution in [0.25, 0.3) is 5.65 Å². The highest BCUT2D eigenvalue weighted by Gasteiger charge is 2.36. The van der Waals surface area contributed by atoms with Gasteiger partial charge >= 0.3 is 6.18 Å². The van der Waals surface area contributed by atoms with E-state index >= 15 is 0 Å². The van der Waals surface area contributed by atoms with Gasteiger partial charge in [-0.1, -0.05) is 37.6 Å². The molecule has 216 valence electrons. The highest BCUT2D eigenvalue weighted by Crippen LogP contribution is 2.35. The number of carbonyl (C=O) groups excluding carboxylic acids is 2. The summed E-state index contributed by atoms with van der Waals surface area (Å²) >= 11 is 5.75. The molecule has 0 unspecified atom stereocenters. The molecule has 0 radical (unpaired) electrons. The number of sulfone groups is 1. The van der Waals surface area contributed by atoms with Crippen LogP contribution in [-0.2, 0) is 22.4 Å². The van der Waals surface area contributed by atoms with Gasteiger partial charge in [-0.3, -0.25) is 9.59 Å². The van der Waals surface area contributed by atoms with E-state index < -0.39 is 51.5 Å². The van der Waals surface area contributed by atoms with Crippen molar-refractivity contribution in [2.45, 2.75) is 37.4 Å². The van der Waals surface area contributed by atoms with Gasteiger partial charge in [0.2, 0.25) is 5.78 Å². The maximum absolute atomic E-state index is 13.7. The van der Waals surface area contributed by atoms with Crippen LogP contribution in [0, 0.1) is 0 Å². The van der Waals surface area contributed by atoms with Crippen LogP contribution >= 0.6 is 11.6 Å². The van der Waals surface area contributed by atoms with Crippen LogP contribution in [0.5, 0.6) is 0 Å². The number of aliphatic hydroxyl groups is 1. The molecule has 41 heavy (non-hydrogen) atoms. The van der Waals surface area contributed by atoms with Crippen molar-refractivity contribution in [1.29, 1.82) is 0 Å². The molecule has 4 aromatic rings. The summed E-state index contributed by atoms with van der Waals surface area (Å²) in [5.41, 5.74) is -0.845. The number of fused-ring (bicyclic) bond motifs is 1. The first-order chi connectivity index (χ1) is 19.3. The summed E-state index contributed by atoms with van der Waals surface area (Å²) < 4.78 is 66.6. The number of carbonyl (C=O) groups is 2. The van der Waals surface area contributed by atoms with Gasteiger partial charge in [0.15, 0.2) is 9.84 Å². The van der Waals surface area contributed by atoms with Crippen LogP contribution < -0.4 is 5.32 Å². The van der Waals surface area contributed by atoms with E-state index in [1.54, 1.807) is 6.92 Å². The predicted molar refractivity (Wildman–Crippen MR) is 146 cm³/mol. The zero-order valence-corrected chi connectivity index (χ0v) is 23.4. The molecule has 0 saturated heterocycles. The number of ketones is 1. The van der Waals surface area contributed by atoms with Crippen molar-refractivity contribution in [1.82, 2.24) is 14.7 Å². The van der Waals surface area contributed by atoms with E-state index in [2.05, 4.69) is 10.3 Å². The summed E-state index contributed by atoms with van der Waals surface area (Å²) in [6.07, 6.45) is -3.07. The van der Waals surface area contributed by atoms with E-state index in [1.165, 1.54) is 60.0 Å². The molecule has 2 aromatic heterocycles. The lowest BCUT2D eigenvalue weighted by Gasteiger charge is -2.17. The van der Waals surface area contributed by atoms with Gasteiger partial charge in [-0.15, -0.1) is 0 Å². The average molecular weight is 608 g/mol. The molecule has 13 heteroatoms. The number of halogens is 4. The molecule has 0 fully saturated rings. The van der Waals surface area contributed by atoms with Gasteiger partial charge in [-0.25, -0.2) is 13.4 Å².